The Morgan fingerprint density at radius 3 is 2.84 bits per heavy atom. The first kappa shape index (κ1) is 21.2. The number of hydrazine groups is 1. The van der Waals surface area contributed by atoms with Crippen LogP contribution in [0.2, 0.25) is 0 Å². The van der Waals surface area contributed by atoms with E-state index in [-0.39, 0.29) is 47.1 Å². The van der Waals surface area contributed by atoms with Gasteiger partial charge in [-0.05, 0) is 37.8 Å². The Hall–Kier alpha value is -2.68. The summed E-state index contributed by atoms with van der Waals surface area (Å²) in [6, 6.07) is 12.6. The zero-order chi connectivity index (χ0) is 22.4. The Bertz CT molecular complexity index is 1120. The van der Waals surface area contributed by atoms with Crippen LogP contribution >= 0.6 is 11.6 Å². The number of benzene rings is 1. The van der Waals surface area contributed by atoms with Crippen LogP contribution in [0.1, 0.15) is 42.1 Å². The summed E-state index contributed by atoms with van der Waals surface area (Å²) in [7, 11) is 0. The number of amides is 1. The number of hydrogen-bond acceptors (Lipinski definition) is 6. The van der Waals surface area contributed by atoms with Gasteiger partial charge in [-0.1, -0.05) is 30.3 Å². The highest BCUT2D eigenvalue weighted by molar-refractivity contribution is 6.21. The van der Waals surface area contributed by atoms with Crippen LogP contribution in [0.4, 0.5) is 5.82 Å². The highest BCUT2D eigenvalue weighted by Crippen LogP contribution is 2.47. The fourth-order valence-electron chi connectivity index (χ4n) is 5.58. The molecule has 1 saturated heterocycles. The van der Waals surface area contributed by atoms with E-state index in [1.165, 1.54) is 10.1 Å². The summed E-state index contributed by atoms with van der Waals surface area (Å²) in [6.07, 6.45) is 4.16. The molecule has 5 N–H and O–H groups in total. The third kappa shape index (κ3) is 3.52. The van der Waals surface area contributed by atoms with Gasteiger partial charge in [0, 0.05) is 47.7 Å². The van der Waals surface area contributed by atoms with E-state index in [4.69, 9.17) is 17.3 Å². The highest BCUT2D eigenvalue weighted by atomic mass is 35.5. The van der Waals surface area contributed by atoms with E-state index in [0.29, 0.717) is 17.1 Å². The molecule has 168 valence electrons. The number of nitrogen functional groups attached to an aromatic ring is 1. The third-order valence-electron chi connectivity index (χ3n) is 7.07. The van der Waals surface area contributed by atoms with Crippen LogP contribution in [-0.4, -0.2) is 44.0 Å². The molecule has 0 bridgehead atoms. The first-order valence-electron chi connectivity index (χ1n) is 11.1. The predicted octanol–water partition coefficient (Wildman–Crippen LogP) is 2.32. The molecule has 3 heterocycles. The Labute approximate surface area is 191 Å². The quantitative estimate of drug-likeness (QED) is 0.451. The van der Waals surface area contributed by atoms with Crippen LogP contribution in [0.15, 0.2) is 48.8 Å². The van der Waals surface area contributed by atoms with Crippen LogP contribution in [0.3, 0.4) is 0 Å². The van der Waals surface area contributed by atoms with Crippen LogP contribution in [-0.2, 0) is 0 Å². The molecule has 1 aliphatic heterocycles. The lowest BCUT2D eigenvalue weighted by Crippen LogP contribution is -2.53. The number of nitrogens with zero attached hydrogens (tertiary/aromatic N) is 3. The van der Waals surface area contributed by atoms with Gasteiger partial charge in [-0.3, -0.25) is 15.6 Å². The van der Waals surface area contributed by atoms with Crippen molar-refractivity contribution in [3.63, 3.8) is 0 Å². The molecule has 7 unspecified atom stereocenters. The van der Waals surface area contributed by atoms with Gasteiger partial charge < -0.3 is 11.1 Å². The SMILES string of the molecule is CC(NC(=O)c1c(N)nn2cccnc12)C1CC(Cl)C2C(C)NNC2C1c1ccccc1. The molecule has 2 aliphatic rings. The number of nitrogens with two attached hydrogens (primary N) is 1. The lowest BCUT2D eigenvalue weighted by Gasteiger charge is -2.45. The van der Waals surface area contributed by atoms with Gasteiger partial charge in [0.1, 0.15) is 5.56 Å². The molecule has 1 saturated carbocycles. The maximum atomic E-state index is 13.3. The molecule has 1 aliphatic carbocycles. The Morgan fingerprint density at radius 2 is 2.06 bits per heavy atom. The number of anilines is 1. The summed E-state index contributed by atoms with van der Waals surface area (Å²) in [5, 5.41) is 7.39. The first-order chi connectivity index (χ1) is 15.5. The maximum absolute atomic E-state index is 13.3. The number of carbonyl (C=O) groups excluding carboxylic acids is 1. The van der Waals surface area contributed by atoms with Gasteiger partial charge in [0.25, 0.3) is 5.91 Å². The number of alkyl halides is 1. The summed E-state index contributed by atoms with van der Waals surface area (Å²) in [5.74, 6) is 0.543. The molecular weight excluding hydrogens is 426 g/mol. The van der Waals surface area contributed by atoms with Crippen LogP contribution < -0.4 is 21.9 Å². The summed E-state index contributed by atoms with van der Waals surface area (Å²) in [6.45, 7) is 4.21. The molecule has 0 radical (unpaired) electrons. The van der Waals surface area contributed by atoms with Crippen LogP contribution in [0.25, 0.3) is 5.65 Å². The van der Waals surface area contributed by atoms with Crippen LogP contribution in [0.5, 0.6) is 0 Å². The standard InChI is InChI=1S/C23H28ClN7O/c1-12(27-23(32)19-21(25)30-31-10-6-9-26-22(19)31)15-11-16(24)17-13(2)28-29-20(17)18(15)14-7-4-3-5-8-14/h3-10,12-13,15-18,20,28-29H,11H2,1-2H3,(H2,25,30)(H,27,32). The number of hydrogen-bond donors (Lipinski definition) is 4. The van der Waals surface area contributed by atoms with E-state index in [1.807, 2.05) is 13.0 Å². The molecule has 1 amide bonds. The Balaban J connectivity index is 1.45. The molecule has 2 fully saturated rings. The zero-order valence-electron chi connectivity index (χ0n) is 18.1. The van der Waals surface area contributed by atoms with Crippen molar-refractivity contribution in [3.8, 4) is 0 Å². The summed E-state index contributed by atoms with van der Waals surface area (Å²) < 4.78 is 1.52. The number of halogens is 1. The average molecular weight is 454 g/mol. The molecule has 32 heavy (non-hydrogen) atoms. The van der Waals surface area contributed by atoms with Crippen molar-refractivity contribution in [3.05, 3.63) is 59.9 Å². The minimum Gasteiger partial charge on any atom is -0.381 e. The molecule has 5 rings (SSSR count). The van der Waals surface area contributed by atoms with E-state index < -0.39 is 0 Å². The Morgan fingerprint density at radius 1 is 1.28 bits per heavy atom. The van der Waals surface area contributed by atoms with E-state index in [2.05, 4.69) is 57.4 Å². The van der Waals surface area contributed by atoms with Crippen molar-refractivity contribution in [2.75, 3.05) is 5.73 Å². The van der Waals surface area contributed by atoms with E-state index in [1.54, 1.807) is 18.5 Å². The summed E-state index contributed by atoms with van der Waals surface area (Å²) in [4.78, 5) is 17.5. The zero-order valence-corrected chi connectivity index (χ0v) is 18.8. The molecule has 1 aromatic carbocycles. The molecular formula is C23H28ClN7O. The topological polar surface area (TPSA) is 109 Å². The molecule has 0 spiro atoms. The van der Waals surface area contributed by atoms with Crippen molar-refractivity contribution in [1.82, 2.24) is 30.8 Å². The maximum Gasteiger partial charge on any atom is 0.259 e. The van der Waals surface area contributed by atoms with Crippen molar-refractivity contribution in [2.45, 2.75) is 49.7 Å². The number of aromatic nitrogens is 3. The van der Waals surface area contributed by atoms with Crippen molar-refractivity contribution in [1.29, 1.82) is 0 Å². The number of fused-ring (bicyclic) bond motifs is 2. The molecule has 2 aromatic heterocycles. The second-order valence-corrected chi connectivity index (χ2v) is 9.50. The molecule has 7 atom stereocenters. The van der Waals surface area contributed by atoms with Crippen molar-refractivity contribution < 1.29 is 4.79 Å². The minimum absolute atomic E-state index is 0.00512. The first-order valence-corrected chi connectivity index (χ1v) is 11.5. The second kappa shape index (κ2) is 8.35. The predicted molar refractivity (Wildman–Crippen MR) is 124 cm³/mol. The van der Waals surface area contributed by atoms with Gasteiger partial charge >= 0.3 is 0 Å². The smallest absolute Gasteiger partial charge is 0.259 e. The largest absolute Gasteiger partial charge is 0.381 e. The monoisotopic (exact) mass is 453 g/mol. The fourth-order valence-corrected chi connectivity index (χ4v) is 6.16. The lowest BCUT2D eigenvalue weighted by atomic mass is 9.64. The average Bonchev–Trinajstić information content (AvgIpc) is 3.33. The fraction of sp³-hybridized carbons (Fsp3) is 0.435. The number of rotatable bonds is 4. The normalized spacial score (nSPS) is 30.7. The molecule has 9 heteroatoms. The van der Waals surface area contributed by atoms with Gasteiger partial charge in [-0.15, -0.1) is 16.7 Å². The van der Waals surface area contributed by atoms with Gasteiger partial charge in [-0.2, -0.15) is 0 Å². The Kier molecular flexibility index (Phi) is 5.53. The third-order valence-corrected chi connectivity index (χ3v) is 7.54. The lowest BCUT2D eigenvalue weighted by molar-refractivity contribution is 0.0900. The summed E-state index contributed by atoms with van der Waals surface area (Å²) in [5.41, 5.74) is 14.9. The van der Waals surface area contributed by atoms with Crippen molar-refractivity contribution in [2.24, 2.45) is 11.8 Å². The van der Waals surface area contributed by atoms with Gasteiger partial charge in [0.2, 0.25) is 0 Å². The van der Waals surface area contributed by atoms with E-state index in [0.717, 1.165) is 6.42 Å². The summed E-state index contributed by atoms with van der Waals surface area (Å²) >= 11 is 6.91. The number of carbonyl (C=O) groups is 1. The highest BCUT2D eigenvalue weighted by Gasteiger charge is 2.51. The van der Waals surface area contributed by atoms with Gasteiger partial charge in [-0.25, -0.2) is 9.50 Å². The number of nitrogens with one attached hydrogen (secondary N) is 3. The van der Waals surface area contributed by atoms with Gasteiger partial charge in [0.05, 0.1) is 0 Å². The van der Waals surface area contributed by atoms with E-state index >= 15 is 0 Å². The molecule has 3 aromatic rings. The van der Waals surface area contributed by atoms with Crippen LogP contribution in [0, 0.1) is 11.8 Å². The molecule has 8 nitrogen and oxygen atoms in total. The second-order valence-electron chi connectivity index (χ2n) is 8.94. The van der Waals surface area contributed by atoms with Crippen molar-refractivity contribution >= 4 is 29.0 Å². The van der Waals surface area contributed by atoms with E-state index in [9.17, 15) is 4.79 Å². The minimum atomic E-state index is -0.269. The van der Waals surface area contributed by atoms with Gasteiger partial charge in [0.15, 0.2) is 11.5 Å².